The Morgan fingerprint density at radius 1 is 1.41 bits per heavy atom. The number of aromatic nitrogens is 4. The summed E-state index contributed by atoms with van der Waals surface area (Å²) >= 11 is 4.87. The Labute approximate surface area is 139 Å². The number of thiazole rings is 1. The quantitative estimate of drug-likeness (QED) is 0.765. The molecule has 0 bridgehead atoms. The molecule has 114 valence electrons. The summed E-state index contributed by atoms with van der Waals surface area (Å²) < 4.78 is 1.22. The van der Waals surface area contributed by atoms with Crippen LogP contribution in [0.5, 0.6) is 0 Å². The maximum absolute atomic E-state index is 12.0. The summed E-state index contributed by atoms with van der Waals surface area (Å²) in [6.07, 6.45) is 3.62. The first kappa shape index (κ1) is 15.2. The van der Waals surface area contributed by atoms with Crippen molar-refractivity contribution in [3.8, 4) is 9.88 Å². The van der Waals surface area contributed by atoms with E-state index in [2.05, 4.69) is 20.6 Å². The van der Waals surface area contributed by atoms with Crippen molar-refractivity contribution in [1.82, 2.24) is 25.3 Å². The number of nitrogens with one attached hydrogen (secondary N) is 1. The van der Waals surface area contributed by atoms with Crippen molar-refractivity contribution in [2.45, 2.75) is 12.3 Å². The van der Waals surface area contributed by atoms with Crippen LogP contribution in [0.3, 0.4) is 0 Å². The highest BCUT2D eigenvalue weighted by Gasteiger charge is 2.10. The molecule has 1 N–H and O–H groups in total. The van der Waals surface area contributed by atoms with Crippen molar-refractivity contribution in [2.75, 3.05) is 6.26 Å². The van der Waals surface area contributed by atoms with Gasteiger partial charge in [0.1, 0.15) is 5.01 Å². The predicted octanol–water partition coefficient (Wildman–Crippen LogP) is 3.08. The van der Waals surface area contributed by atoms with Crippen LogP contribution in [0, 0.1) is 0 Å². The molecule has 0 saturated carbocycles. The molecule has 3 aromatic rings. The average molecular weight is 351 g/mol. The minimum atomic E-state index is -0.300. The molecular formula is C13H13N5OS3. The zero-order chi connectivity index (χ0) is 15.4. The summed E-state index contributed by atoms with van der Waals surface area (Å²) in [5, 5.41) is 15.5. The van der Waals surface area contributed by atoms with E-state index in [4.69, 9.17) is 0 Å². The fourth-order valence-corrected chi connectivity index (χ4v) is 3.82. The molecule has 0 saturated heterocycles. The Morgan fingerprint density at radius 2 is 2.32 bits per heavy atom. The zero-order valence-electron chi connectivity index (χ0n) is 11.7. The fraction of sp³-hybridized carbons (Fsp3) is 0.231. The van der Waals surface area contributed by atoms with Crippen molar-refractivity contribution < 1.29 is 4.79 Å². The number of amides is 1. The summed E-state index contributed by atoms with van der Waals surface area (Å²) in [4.78, 5) is 17.6. The standard InChI is InChI=1S/C13H13N5OS3/c1-20-7-10-6-18(17-16-10)13(19)14-5-9-8-22-12(15-9)11-3-2-4-21-11/h2-4,6,8H,5,7H2,1H3,(H,14,19). The molecule has 1 amide bonds. The molecule has 0 aliphatic heterocycles. The number of carbonyl (C=O) groups excluding carboxylic acids is 1. The highest BCUT2D eigenvalue weighted by molar-refractivity contribution is 7.97. The summed E-state index contributed by atoms with van der Waals surface area (Å²) in [5.74, 6) is 0.740. The smallest absolute Gasteiger partial charge is 0.330 e. The van der Waals surface area contributed by atoms with E-state index >= 15 is 0 Å². The van der Waals surface area contributed by atoms with Crippen LogP contribution in [-0.4, -0.2) is 32.3 Å². The van der Waals surface area contributed by atoms with Gasteiger partial charge in [-0.1, -0.05) is 11.3 Å². The molecule has 0 atom stereocenters. The van der Waals surface area contributed by atoms with E-state index < -0.39 is 0 Å². The lowest BCUT2D eigenvalue weighted by atomic mass is 10.4. The first-order chi connectivity index (χ1) is 10.8. The maximum atomic E-state index is 12.0. The molecule has 0 fully saturated rings. The third-order valence-corrected chi connectivity index (χ3v) is 5.26. The average Bonchev–Trinajstić information content (AvgIpc) is 3.25. The second-order valence-corrected chi connectivity index (χ2v) is 7.04. The minimum absolute atomic E-state index is 0.300. The number of hydrogen-bond donors (Lipinski definition) is 1. The highest BCUT2D eigenvalue weighted by atomic mass is 32.2. The maximum Gasteiger partial charge on any atom is 0.343 e. The van der Waals surface area contributed by atoms with Crippen molar-refractivity contribution in [2.24, 2.45) is 0 Å². The second kappa shape index (κ2) is 7.03. The largest absolute Gasteiger partial charge is 0.343 e. The number of thiophene rings is 1. The first-order valence-electron chi connectivity index (χ1n) is 6.43. The summed E-state index contributed by atoms with van der Waals surface area (Å²) in [6, 6.07) is 3.74. The zero-order valence-corrected chi connectivity index (χ0v) is 14.2. The van der Waals surface area contributed by atoms with Crippen molar-refractivity contribution >= 4 is 40.5 Å². The topological polar surface area (TPSA) is 72.7 Å². The third-order valence-electron chi connectivity index (χ3n) is 2.75. The predicted molar refractivity (Wildman–Crippen MR) is 90.3 cm³/mol. The number of nitrogens with zero attached hydrogens (tertiary/aromatic N) is 4. The van der Waals surface area contributed by atoms with Crippen LogP contribution in [0.2, 0.25) is 0 Å². The molecule has 0 unspecified atom stereocenters. The van der Waals surface area contributed by atoms with E-state index in [1.54, 1.807) is 40.6 Å². The molecule has 0 radical (unpaired) electrons. The number of rotatable bonds is 5. The molecule has 3 heterocycles. The van der Waals surface area contributed by atoms with Crippen molar-refractivity contribution in [3.05, 3.63) is 40.5 Å². The summed E-state index contributed by atoms with van der Waals surface area (Å²) in [6.45, 7) is 0.373. The van der Waals surface area contributed by atoms with Crippen molar-refractivity contribution in [1.29, 1.82) is 0 Å². The minimum Gasteiger partial charge on any atom is -0.330 e. The lowest BCUT2D eigenvalue weighted by Crippen LogP contribution is -2.28. The van der Waals surface area contributed by atoms with Gasteiger partial charge in [0.2, 0.25) is 0 Å². The lowest BCUT2D eigenvalue weighted by molar-refractivity contribution is 0.238. The van der Waals surface area contributed by atoms with Crippen LogP contribution >= 0.6 is 34.4 Å². The number of thioether (sulfide) groups is 1. The third kappa shape index (κ3) is 3.54. The number of carbonyl (C=O) groups is 1. The number of hydrogen-bond acceptors (Lipinski definition) is 7. The van der Waals surface area contributed by atoms with Crippen LogP contribution in [0.4, 0.5) is 4.79 Å². The van der Waals surface area contributed by atoms with Crippen LogP contribution in [0.1, 0.15) is 11.4 Å². The Bertz CT molecular complexity index is 749. The molecule has 6 nitrogen and oxygen atoms in total. The van der Waals surface area contributed by atoms with E-state index in [-0.39, 0.29) is 6.03 Å². The lowest BCUT2D eigenvalue weighted by Gasteiger charge is -2.01. The van der Waals surface area contributed by atoms with Gasteiger partial charge in [-0.25, -0.2) is 9.78 Å². The van der Waals surface area contributed by atoms with Gasteiger partial charge in [-0.15, -0.1) is 27.8 Å². The van der Waals surface area contributed by atoms with E-state index in [0.29, 0.717) is 6.54 Å². The Morgan fingerprint density at radius 3 is 3.09 bits per heavy atom. The summed E-state index contributed by atoms with van der Waals surface area (Å²) in [7, 11) is 0. The molecular weight excluding hydrogens is 338 g/mol. The SMILES string of the molecule is CSCc1cn(C(=O)NCc2csc(-c3cccs3)n2)nn1. The Kier molecular flexibility index (Phi) is 4.86. The molecule has 0 aliphatic carbocycles. The first-order valence-corrected chi connectivity index (χ1v) is 9.58. The Balaban J connectivity index is 1.58. The molecule has 0 spiro atoms. The molecule has 0 aliphatic rings. The summed E-state index contributed by atoms with van der Waals surface area (Å²) in [5.41, 5.74) is 1.63. The van der Waals surface area contributed by atoms with Gasteiger partial charge < -0.3 is 5.32 Å². The van der Waals surface area contributed by atoms with Gasteiger partial charge in [-0.3, -0.25) is 0 Å². The van der Waals surface area contributed by atoms with Gasteiger partial charge in [0, 0.05) is 11.1 Å². The van der Waals surface area contributed by atoms with Gasteiger partial charge >= 0.3 is 6.03 Å². The van der Waals surface area contributed by atoms with Gasteiger partial charge in [-0.05, 0) is 17.7 Å². The normalized spacial score (nSPS) is 10.8. The molecule has 3 rings (SSSR count). The van der Waals surface area contributed by atoms with E-state index in [9.17, 15) is 4.79 Å². The van der Waals surface area contributed by atoms with E-state index in [1.807, 2.05) is 29.1 Å². The van der Waals surface area contributed by atoms with Crippen LogP contribution < -0.4 is 5.32 Å². The van der Waals surface area contributed by atoms with Gasteiger partial charge in [0.15, 0.2) is 0 Å². The second-order valence-electron chi connectivity index (χ2n) is 4.37. The monoisotopic (exact) mass is 351 g/mol. The van der Waals surface area contributed by atoms with E-state index in [1.165, 1.54) is 4.68 Å². The van der Waals surface area contributed by atoms with Gasteiger partial charge in [0.25, 0.3) is 0 Å². The Hall–Kier alpha value is -1.71. The van der Waals surface area contributed by atoms with Gasteiger partial charge in [0.05, 0.1) is 29.0 Å². The molecule has 22 heavy (non-hydrogen) atoms. The highest BCUT2D eigenvalue weighted by Crippen LogP contribution is 2.27. The van der Waals surface area contributed by atoms with Crippen molar-refractivity contribution in [3.63, 3.8) is 0 Å². The molecule has 3 aromatic heterocycles. The van der Waals surface area contributed by atoms with E-state index in [0.717, 1.165) is 27.0 Å². The van der Waals surface area contributed by atoms with Gasteiger partial charge in [-0.2, -0.15) is 16.4 Å². The molecule has 9 heteroatoms. The van der Waals surface area contributed by atoms with Crippen LogP contribution in [0.15, 0.2) is 29.1 Å². The fourth-order valence-electron chi connectivity index (χ4n) is 1.76. The van der Waals surface area contributed by atoms with Crippen LogP contribution in [0.25, 0.3) is 9.88 Å². The molecule has 0 aromatic carbocycles. The van der Waals surface area contributed by atoms with Crippen LogP contribution in [-0.2, 0) is 12.3 Å².